The van der Waals surface area contributed by atoms with Crippen molar-refractivity contribution in [3.63, 3.8) is 0 Å². The molecule has 116 valence electrons. The Kier molecular flexibility index (Phi) is 3.47. The molecule has 4 aromatic rings. The normalized spacial score (nSPS) is 10.7. The fourth-order valence-electron chi connectivity index (χ4n) is 2.53. The third kappa shape index (κ3) is 2.61. The van der Waals surface area contributed by atoms with Crippen LogP contribution in [0.15, 0.2) is 67.0 Å². The van der Waals surface area contributed by atoms with Gasteiger partial charge in [-0.25, -0.2) is 9.97 Å². The van der Waals surface area contributed by atoms with Gasteiger partial charge in [-0.05, 0) is 12.1 Å². The van der Waals surface area contributed by atoms with Gasteiger partial charge in [0.1, 0.15) is 6.33 Å². The molecule has 0 saturated carbocycles. The largest absolute Gasteiger partial charge is 0.319 e. The van der Waals surface area contributed by atoms with Crippen LogP contribution in [-0.4, -0.2) is 26.1 Å². The van der Waals surface area contributed by atoms with Crippen LogP contribution < -0.4 is 5.32 Å². The van der Waals surface area contributed by atoms with Crippen LogP contribution in [0.4, 0.5) is 5.69 Å². The summed E-state index contributed by atoms with van der Waals surface area (Å²) >= 11 is 0. The lowest BCUT2D eigenvalue weighted by atomic mass is 10.1. The van der Waals surface area contributed by atoms with Gasteiger partial charge in [0.2, 0.25) is 5.82 Å². The maximum Gasteiger partial charge on any atom is 0.293 e. The van der Waals surface area contributed by atoms with E-state index in [9.17, 15) is 4.79 Å². The van der Waals surface area contributed by atoms with Crippen molar-refractivity contribution >= 4 is 22.5 Å². The molecule has 1 amide bonds. The van der Waals surface area contributed by atoms with Crippen molar-refractivity contribution in [2.45, 2.75) is 0 Å². The van der Waals surface area contributed by atoms with Gasteiger partial charge in [-0.1, -0.05) is 48.5 Å². The average Bonchev–Trinajstić information content (AvgIpc) is 3.17. The third-order valence-electron chi connectivity index (χ3n) is 3.66. The lowest BCUT2D eigenvalue weighted by Gasteiger charge is -2.10. The molecule has 0 aliphatic carbocycles. The predicted octanol–water partition coefficient (Wildman–Crippen LogP) is 3.27. The van der Waals surface area contributed by atoms with Gasteiger partial charge in [0.15, 0.2) is 0 Å². The standard InChI is InChI=1S/C18H13N5O/c24-18(17-19-11-20-23-17)22-16-10-15(12-6-2-1-3-7-12)21-14-9-5-4-8-13(14)16/h1-11H,(H,19,20,23)(H,21,22,24). The topological polar surface area (TPSA) is 83.6 Å². The van der Waals surface area contributed by atoms with E-state index in [4.69, 9.17) is 0 Å². The number of benzene rings is 2. The number of anilines is 1. The minimum Gasteiger partial charge on any atom is -0.319 e. The Hall–Kier alpha value is -3.54. The molecule has 2 aromatic carbocycles. The van der Waals surface area contributed by atoms with Crippen LogP contribution in [-0.2, 0) is 0 Å². The third-order valence-corrected chi connectivity index (χ3v) is 3.66. The van der Waals surface area contributed by atoms with Gasteiger partial charge in [0, 0.05) is 10.9 Å². The lowest BCUT2D eigenvalue weighted by Crippen LogP contribution is -2.14. The van der Waals surface area contributed by atoms with E-state index in [0.29, 0.717) is 5.69 Å². The van der Waals surface area contributed by atoms with E-state index >= 15 is 0 Å². The number of H-pyrrole nitrogens is 1. The van der Waals surface area contributed by atoms with Crippen LogP contribution in [0.25, 0.3) is 22.2 Å². The summed E-state index contributed by atoms with van der Waals surface area (Å²) in [7, 11) is 0. The number of carbonyl (C=O) groups excluding carboxylic acids is 1. The predicted molar refractivity (Wildman–Crippen MR) is 91.5 cm³/mol. The number of carbonyl (C=O) groups is 1. The number of pyridine rings is 1. The molecular weight excluding hydrogens is 302 g/mol. The second kappa shape index (κ2) is 5.92. The number of hydrogen-bond acceptors (Lipinski definition) is 4. The van der Waals surface area contributed by atoms with Gasteiger partial charge in [0.05, 0.1) is 16.9 Å². The van der Waals surface area contributed by atoms with Crippen LogP contribution in [0.1, 0.15) is 10.6 Å². The molecule has 2 aromatic heterocycles. The monoisotopic (exact) mass is 315 g/mol. The number of nitrogens with one attached hydrogen (secondary N) is 2. The van der Waals surface area contributed by atoms with Crippen LogP contribution >= 0.6 is 0 Å². The molecule has 0 bridgehead atoms. The number of aromatic amines is 1. The number of para-hydroxylation sites is 1. The molecule has 0 aliphatic rings. The minimum absolute atomic E-state index is 0.164. The highest BCUT2D eigenvalue weighted by Crippen LogP contribution is 2.28. The van der Waals surface area contributed by atoms with Crippen molar-refractivity contribution in [3.8, 4) is 11.3 Å². The molecule has 0 spiro atoms. The quantitative estimate of drug-likeness (QED) is 0.608. The Morgan fingerprint density at radius 3 is 2.58 bits per heavy atom. The summed E-state index contributed by atoms with van der Waals surface area (Å²) in [6.45, 7) is 0. The molecule has 0 atom stereocenters. The van der Waals surface area contributed by atoms with E-state index in [1.807, 2.05) is 60.7 Å². The van der Waals surface area contributed by atoms with Crippen molar-refractivity contribution in [1.82, 2.24) is 20.2 Å². The summed E-state index contributed by atoms with van der Waals surface area (Å²) < 4.78 is 0. The maximum absolute atomic E-state index is 12.3. The Labute approximate surface area is 137 Å². The number of aromatic nitrogens is 4. The van der Waals surface area contributed by atoms with Gasteiger partial charge in [-0.3, -0.25) is 9.89 Å². The van der Waals surface area contributed by atoms with Crippen LogP contribution in [0, 0.1) is 0 Å². The molecule has 0 unspecified atom stereocenters. The Balaban J connectivity index is 1.82. The molecule has 0 aliphatic heterocycles. The summed E-state index contributed by atoms with van der Waals surface area (Å²) in [5.74, 6) is -0.181. The van der Waals surface area contributed by atoms with Crippen LogP contribution in [0.2, 0.25) is 0 Å². The van der Waals surface area contributed by atoms with E-state index in [0.717, 1.165) is 22.2 Å². The Morgan fingerprint density at radius 1 is 1.00 bits per heavy atom. The van der Waals surface area contributed by atoms with Gasteiger partial charge in [0.25, 0.3) is 5.91 Å². The fourth-order valence-corrected chi connectivity index (χ4v) is 2.53. The summed E-state index contributed by atoms with van der Waals surface area (Å²) in [5, 5.41) is 10.0. The molecule has 4 rings (SSSR count). The first-order chi connectivity index (χ1) is 11.8. The second-order valence-electron chi connectivity index (χ2n) is 5.23. The van der Waals surface area contributed by atoms with Crippen molar-refractivity contribution in [3.05, 3.63) is 72.8 Å². The molecule has 6 heteroatoms. The number of hydrogen-bond donors (Lipinski definition) is 2. The zero-order valence-corrected chi connectivity index (χ0v) is 12.6. The first-order valence-corrected chi connectivity index (χ1v) is 7.43. The molecular formula is C18H13N5O. The zero-order chi connectivity index (χ0) is 16.4. The van der Waals surface area contributed by atoms with Crippen molar-refractivity contribution < 1.29 is 4.79 Å². The first-order valence-electron chi connectivity index (χ1n) is 7.43. The summed E-state index contributed by atoms with van der Waals surface area (Å²) in [6.07, 6.45) is 1.30. The van der Waals surface area contributed by atoms with Gasteiger partial charge >= 0.3 is 0 Å². The highest BCUT2D eigenvalue weighted by molar-refractivity contribution is 6.07. The van der Waals surface area contributed by atoms with Crippen molar-refractivity contribution in [1.29, 1.82) is 0 Å². The highest BCUT2D eigenvalue weighted by Gasteiger charge is 2.13. The Morgan fingerprint density at radius 2 is 1.79 bits per heavy atom. The Bertz CT molecular complexity index is 997. The lowest BCUT2D eigenvalue weighted by molar-refractivity contribution is 0.101. The van der Waals surface area contributed by atoms with Gasteiger partial charge in [-0.15, -0.1) is 0 Å². The maximum atomic E-state index is 12.3. The number of amides is 1. The molecule has 2 heterocycles. The molecule has 2 N–H and O–H groups in total. The molecule has 24 heavy (non-hydrogen) atoms. The average molecular weight is 315 g/mol. The SMILES string of the molecule is O=C(Nc1cc(-c2ccccc2)nc2ccccc12)c1ncn[nH]1. The van der Waals surface area contributed by atoms with E-state index < -0.39 is 0 Å². The van der Waals surface area contributed by atoms with E-state index in [-0.39, 0.29) is 11.7 Å². The van der Waals surface area contributed by atoms with Gasteiger partial charge < -0.3 is 5.32 Å². The number of rotatable bonds is 3. The first kappa shape index (κ1) is 14.1. The van der Waals surface area contributed by atoms with Crippen LogP contribution in [0.3, 0.4) is 0 Å². The van der Waals surface area contributed by atoms with Crippen molar-refractivity contribution in [2.75, 3.05) is 5.32 Å². The van der Waals surface area contributed by atoms with E-state index in [1.165, 1.54) is 6.33 Å². The smallest absolute Gasteiger partial charge is 0.293 e. The molecule has 0 radical (unpaired) electrons. The van der Waals surface area contributed by atoms with Crippen LogP contribution in [0.5, 0.6) is 0 Å². The fraction of sp³-hybridized carbons (Fsp3) is 0. The van der Waals surface area contributed by atoms with Gasteiger partial charge in [-0.2, -0.15) is 5.10 Å². The zero-order valence-electron chi connectivity index (χ0n) is 12.6. The van der Waals surface area contributed by atoms with Crippen molar-refractivity contribution in [2.24, 2.45) is 0 Å². The summed E-state index contributed by atoms with van der Waals surface area (Å²) in [4.78, 5) is 20.9. The summed E-state index contributed by atoms with van der Waals surface area (Å²) in [6, 6.07) is 19.4. The van der Waals surface area contributed by atoms with E-state index in [2.05, 4.69) is 25.5 Å². The highest BCUT2D eigenvalue weighted by atomic mass is 16.2. The molecule has 6 nitrogen and oxygen atoms in total. The number of nitrogens with zero attached hydrogens (tertiary/aromatic N) is 3. The molecule has 0 saturated heterocycles. The van der Waals surface area contributed by atoms with E-state index in [1.54, 1.807) is 0 Å². The number of fused-ring (bicyclic) bond motifs is 1. The molecule has 0 fully saturated rings. The minimum atomic E-state index is -0.345. The second-order valence-corrected chi connectivity index (χ2v) is 5.23. The summed E-state index contributed by atoms with van der Waals surface area (Å²) in [5.41, 5.74) is 3.27.